The van der Waals surface area contributed by atoms with Gasteiger partial charge in [0.25, 0.3) is 0 Å². The van der Waals surface area contributed by atoms with Crippen LogP contribution in [0.15, 0.2) is 124 Å². The molecule has 228 valence electrons. The normalized spacial score (nSPS) is 13.0. The first kappa shape index (κ1) is 38.3. The van der Waals surface area contributed by atoms with Crippen LogP contribution in [0.1, 0.15) is 88.0 Å². The molecule has 0 atom stereocenters. The zero-order valence-corrected chi connectivity index (χ0v) is 31.5. The van der Waals surface area contributed by atoms with E-state index in [1.54, 1.807) is 5.20 Å². The van der Waals surface area contributed by atoms with Gasteiger partial charge in [-0.2, -0.15) is 0 Å². The Kier molecular flexibility index (Phi) is 14.5. The summed E-state index contributed by atoms with van der Waals surface area (Å²) in [6.07, 6.45) is 4.54. The van der Waals surface area contributed by atoms with Crippen molar-refractivity contribution in [3.63, 3.8) is 0 Å². The molecule has 4 aromatic rings. The van der Waals surface area contributed by atoms with E-state index in [1.807, 2.05) is 0 Å². The van der Waals surface area contributed by atoms with Crippen molar-refractivity contribution in [2.75, 3.05) is 0 Å². The van der Waals surface area contributed by atoms with Crippen molar-refractivity contribution < 1.29 is 57.7 Å². The van der Waals surface area contributed by atoms with E-state index in [0.29, 0.717) is 17.8 Å². The van der Waals surface area contributed by atoms with Crippen molar-refractivity contribution in [3.05, 3.63) is 146 Å². The second-order valence-electron chi connectivity index (χ2n) is 12.5. The number of allylic oxidation sites excluding steroid dienone is 4. The second-order valence-corrected chi connectivity index (χ2v) is 17.2. The van der Waals surface area contributed by atoms with Gasteiger partial charge in [0.2, 0.25) is 0 Å². The Labute approximate surface area is 297 Å². The number of benzene rings is 4. The number of halogens is 3. The molecule has 0 unspecified atom stereocenters. The molecule has 0 nitrogen and oxygen atoms in total. The van der Waals surface area contributed by atoms with E-state index in [2.05, 4.69) is 171 Å². The fourth-order valence-corrected chi connectivity index (χ4v) is 12.9. The SMILES string of the molecule is CC(C)c1cccc([Si](C2=[C]([Ti+3])C(Cc3ccccc3)=CC2)(c2cccc(C(C)C)c2)c2cccc(C(C)C)c2)c1.[Cl-].[Cl-].[Cl-]. The molecule has 0 bridgehead atoms. The van der Waals surface area contributed by atoms with E-state index in [0.717, 1.165) is 12.8 Å². The summed E-state index contributed by atoms with van der Waals surface area (Å²) in [5, 5.41) is 6.17. The summed E-state index contributed by atoms with van der Waals surface area (Å²) < 4.78 is 1.50. The van der Waals surface area contributed by atoms with E-state index in [9.17, 15) is 0 Å². The molecule has 0 amide bonds. The van der Waals surface area contributed by atoms with Gasteiger partial charge < -0.3 is 37.2 Å². The Morgan fingerprint density at radius 1 is 0.568 bits per heavy atom. The van der Waals surface area contributed by atoms with Crippen LogP contribution in [0, 0.1) is 0 Å². The Hall–Kier alpha value is -1.84. The molecule has 0 saturated carbocycles. The van der Waals surface area contributed by atoms with Crippen LogP contribution in [-0.4, -0.2) is 8.07 Å². The van der Waals surface area contributed by atoms with Gasteiger partial charge in [-0.3, -0.25) is 0 Å². The van der Waals surface area contributed by atoms with Crippen molar-refractivity contribution in [3.8, 4) is 0 Å². The molecule has 5 rings (SSSR count). The van der Waals surface area contributed by atoms with Crippen LogP contribution in [0.2, 0.25) is 0 Å². The largest absolute Gasteiger partial charge is 1.00 e. The maximum absolute atomic E-state index is 2.62. The zero-order valence-electron chi connectivity index (χ0n) is 26.7. The molecule has 0 aromatic heterocycles. The molecule has 0 saturated heterocycles. The summed E-state index contributed by atoms with van der Waals surface area (Å²) in [4.78, 5) is 0. The van der Waals surface area contributed by atoms with Crippen LogP contribution < -0.4 is 52.8 Å². The molecule has 44 heavy (non-hydrogen) atoms. The Morgan fingerprint density at radius 2 is 0.977 bits per heavy atom. The van der Waals surface area contributed by atoms with E-state index in [-0.39, 0.29) is 37.2 Å². The van der Waals surface area contributed by atoms with Crippen molar-refractivity contribution in [2.24, 2.45) is 0 Å². The molecular weight excluding hydrogens is 651 g/mol. The first-order valence-electron chi connectivity index (χ1n) is 15.2. The molecule has 0 N–H and O–H groups in total. The van der Waals surface area contributed by atoms with Gasteiger partial charge >= 0.3 is 262 Å². The smallest absolute Gasteiger partial charge is 1.00 e. The minimum absolute atomic E-state index is 0. The zero-order chi connectivity index (χ0) is 29.1. The predicted octanol–water partition coefficient (Wildman–Crippen LogP) is -0.548. The van der Waals surface area contributed by atoms with Gasteiger partial charge in [0.15, 0.2) is 0 Å². The molecule has 1 aliphatic rings. The van der Waals surface area contributed by atoms with Crippen LogP contribution in [-0.2, 0) is 26.9 Å². The van der Waals surface area contributed by atoms with E-state index in [4.69, 9.17) is 0 Å². The summed E-state index contributed by atoms with van der Waals surface area (Å²) in [6.45, 7) is 13.9. The fraction of sp³-hybridized carbons (Fsp3) is 0.282. The summed E-state index contributed by atoms with van der Waals surface area (Å²) in [5.74, 6) is 1.45. The van der Waals surface area contributed by atoms with Gasteiger partial charge in [-0.25, -0.2) is 0 Å². The Bertz CT molecular complexity index is 1460. The third-order valence-corrected chi connectivity index (χ3v) is 15.1. The van der Waals surface area contributed by atoms with Crippen molar-refractivity contribution in [1.29, 1.82) is 0 Å². The van der Waals surface area contributed by atoms with E-state index >= 15 is 0 Å². The third-order valence-electron chi connectivity index (χ3n) is 8.82. The number of rotatable bonds is 9. The van der Waals surface area contributed by atoms with E-state index < -0.39 is 8.07 Å². The molecule has 0 aliphatic heterocycles. The van der Waals surface area contributed by atoms with Crippen molar-refractivity contribution in [2.45, 2.75) is 72.1 Å². The average Bonchev–Trinajstić information content (AvgIpc) is 3.34. The monoisotopic (exact) mass is 692 g/mol. The molecule has 0 fully saturated rings. The Morgan fingerprint density at radius 3 is 1.36 bits per heavy atom. The van der Waals surface area contributed by atoms with Crippen molar-refractivity contribution in [1.82, 2.24) is 0 Å². The van der Waals surface area contributed by atoms with Gasteiger partial charge in [0.05, 0.1) is 0 Å². The Balaban J connectivity index is 0.00000225. The summed E-state index contributed by atoms with van der Waals surface area (Å²) in [5.41, 5.74) is 7.15. The standard InChI is InChI=1S/C39H43Si.3ClH.Ti/c1-28(2)33-15-10-18-36(25-33)40(37-19-11-16-34(26-37)29(3)4,38-20-12-17-35(27-38)30(5)6)39-22-21-32(24-39)23-31-13-8-7-9-14-31;;;;/h7-21,25-30H,22-23H2,1-6H3;3*1H;/q;;;;+3/p-3. The third kappa shape index (κ3) is 7.75. The minimum Gasteiger partial charge on any atom is -1.00 e. The van der Waals surface area contributed by atoms with Crippen LogP contribution in [0.4, 0.5) is 0 Å². The summed E-state index contributed by atoms with van der Waals surface area (Å²) >= 11 is 2.41. The van der Waals surface area contributed by atoms with Gasteiger partial charge in [-0.05, 0) is 0 Å². The van der Waals surface area contributed by atoms with Gasteiger partial charge in [0, 0.05) is 0 Å². The summed E-state index contributed by atoms with van der Waals surface area (Å²) in [7, 11) is -2.62. The molecule has 1 aliphatic carbocycles. The van der Waals surface area contributed by atoms with Crippen LogP contribution in [0.3, 0.4) is 0 Å². The van der Waals surface area contributed by atoms with E-state index in [1.165, 1.54) is 47.3 Å². The fourth-order valence-electron chi connectivity index (χ4n) is 6.36. The predicted molar refractivity (Wildman–Crippen MR) is 176 cm³/mol. The average molecular weight is 694 g/mol. The molecule has 0 heterocycles. The number of hydrogen-bond donors (Lipinski definition) is 0. The molecular formula is C39H43Cl3SiTi. The first-order valence-corrected chi connectivity index (χ1v) is 18.0. The van der Waals surface area contributed by atoms with Gasteiger partial charge in [-0.1, -0.05) is 0 Å². The second kappa shape index (κ2) is 16.6. The summed E-state index contributed by atoms with van der Waals surface area (Å²) in [6, 6.07) is 39.8. The van der Waals surface area contributed by atoms with Crippen LogP contribution >= 0.6 is 0 Å². The van der Waals surface area contributed by atoms with Crippen LogP contribution in [0.25, 0.3) is 0 Å². The van der Waals surface area contributed by atoms with Crippen LogP contribution in [0.5, 0.6) is 0 Å². The molecule has 0 radical (unpaired) electrons. The minimum atomic E-state index is -2.62. The maximum atomic E-state index is 2.55. The van der Waals surface area contributed by atoms with Crippen molar-refractivity contribution >= 4 is 23.6 Å². The maximum Gasteiger partial charge on any atom is -1.00 e. The van der Waals surface area contributed by atoms with Gasteiger partial charge in [0.1, 0.15) is 0 Å². The molecule has 4 aromatic carbocycles. The first-order chi connectivity index (χ1) is 19.7. The number of hydrogen-bond acceptors (Lipinski definition) is 0. The van der Waals surface area contributed by atoms with Gasteiger partial charge in [-0.15, -0.1) is 0 Å². The molecule has 5 heteroatoms. The molecule has 0 spiro atoms. The topological polar surface area (TPSA) is 0 Å². The quantitative estimate of drug-likeness (QED) is 0.163.